The van der Waals surface area contributed by atoms with Crippen LogP contribution in [-0.4, -0.2) is 22.5 Å². The minimum Gasteiger partial charge on any atom is -0.313 e. The molecule has 1 unspecified atom stereocenters. The van der Waals surface area contributed by atoms with E-state index in [1.807, 2.05) is 0 Å². The lowest BCUT2D eigenvalue weighted by Crippen LogP contribution is -2.22. The van der Waals surface area contributed by atoms with Crippen molar-refractivity contribution >= 4 is 10.8 Å². The van der Waals surface area contributed by atoms with Gasteiger partial charge >= 0.3 is 0 Å². The van der Waals surface area contributed by atoms with Gasteiger partial charge in [-0.1, -0.05) is 12.1 Å². The summed E-state index contributed by atoms with van der Waals surface area (Å²) >= 11 is 0. The molecule has 1 aliphatic carbocycles. The number of rotatable bonds is 5. The summed E-state index contributed by atoms with van der Waals surface area (Å²) in [6.07, 6.45) is 2.43. The first kappa shape index (κ1) is 10.8. The Kier molecular flexibility index (Phi) is 3.49. The van der Waals surface area contributed by atoms with Gasteiger partial charge in [-0.15, -0.1) is 0 Å². The molecule has 1 aromatic rings. The summed E-state index contributed by atoms with van der Waals surface area (Å²) in [6.45, 7) is 0.700. The van der Waals surface area contributed by atoms with Crippen LogP contribution in [0.2, 0.25) is 0 Å². The molecule has 0 amide bonds. The van der Waals surface area contributed by atoms with Crippen molar-refractivity contribution in [2.45, 2.75) is 23.8 Å². The highest BCUT2D eigenvalue weighted by Crippen LogP contribution is 2.18. The fourth-order valence-electron chi connectivity index (χ4n) is 1.38. The highest BCUT2D eigenvalue weighted by Gasteiger charge is 2.20. The molecule has 0 heterocycles. The topological polar surface area (TPSA) is 29.1 Å². The molecule has 82 valence electrons. The van der Waals surface area contributed by atoms with Gasteiger partial charge < -0.3 is 5.32 Å². The van der Waals surface area contributed by atoms with Gasteiger partial charge in [0.05, 0.1) is 15.7 Å². The van der Waals surface area contributed by atoms with E-state index in [1.165, 1.54) is 18.9 Å². The van der Waals surface area contributed by atoms with Crippen LogP contribution in [0.3, 0.4) is 0 Å². The summed E-state index contributed by atoms with van der Waals surface area (Å²) in [4.78, 5) is 0.315. The van der Waals surface area contributed by atoms with E-state index in [0.717, 1.165) is 0 Å². The van der Waals surface area contributed by atoms with Crippen LogP contribution in [0.5, 0.6) is 0 Å². The Morgan fingerprint density at radius 3 is 2.80 bits per heavy atom. The maximum atomic E-state index is 13.2. The minimum absolute atomic E-state index is 0.315. The Bertz CT molecular complexity index is 365. The number of hydrogen-bond donors (Lipinski definition) is 1. The summed E-state index contributed by atoms with van der Waals surface area (Å²) < 4.78 is 24.9. The quantitative estimate of drug-likeness (QED) is 0.829. The maximum absolute atomic E-state index is 13.2. The zero-order valence-corrected chi connectivity index (χ0v) is 9.23. The van der Waals surface area contributed by atoms with E-state index in [2.05, 4.69) is 5.32 Å². The SMILES string of the molecule is O=S(CCNC1CC1)c1ccccc1F. The molecule has 0 spiro atoms. The lowest BCUT2D eigenvalue weighted by atomic mass is 10.3. The van der Waals surface area contributed by atoms with Gasteiger partial charge in [0.25, 0.3) is 0 Å². The van der Waals surface area contributed by atoms with E-state index >= 15 is 0 Å². The van der Waals surface area contributed by atoms with E-state index in [4.69, 9.17) is 0 Å². The predicted molar refractivity (Wildman–Crippen MR) is 58.7 cm³/mol. The van der Waals surface area contributed by atoms with Crippen molar-refractivity contribution < 1.29 is 8.60 Å². The molecule has 0 radical (unpaired) electrons. The molecule has 2 nitrogen and oxygen atoms in total. The molecule has 0 saturated heterocycles. The largest absolute Gasteiger partial charge is 0.313 e. The lowest BCUT2D eigenvalue weighted by Gasteiger charge is -2.04. The first-order chi connectivity index (χ1) is 7.27. The van der Waals surface area contributed by atoms with E-state index in [1.54, 1.807) is 18.2 Å². The Balaban J connectivity index is 1.86. The molecule has 1 fully saturated rings. The van der Waals surface area contributed by atoms with Crippen molar-refractivity contribution in [3.05, 3.63) is 30.1 Å². The Morgan fingerprint density at radius 2 is 2.13 bits per heavy atom. The Hall–Kier alpha value is -0.740. The van der Waals surface area contributed by atoms with Crippen LogP contribution >= 0.6 is 0 Å². The third-order valence-electron chi connectivity index (χ3n) is 2.38. The summed E-state index contributed by atoms with van der Waals surface area (Å²) in [5, 5.41) is 3.26. The van der Waals surface area contributed by atoms with Crippen LogP contribution in [0, 0.1) is 5.82 Å². The molecule has 0 aromatic heterocycles. The number of halogens is 1. The van der Waals surface area contributed by atoms with Crippen molar-refractivity contribution in [3.63, 3.8) is 0 Å². The van der Waals surface area contributed by atoms with Crippen LogP contribution in [-0.2, 0) is 10.8 Å². The molecule has 0 bridgehead atoms. The molecule has 1 aromatic carbocycles. The molecule has 2 rings (SSSR count). The van der Waals surface area contributed by atoms with Gasteiger partial charge in [-0.05, 0) is 25.0 Å². The average molecular weight is 227 g/mol. The van der Waals surface area contributed by atoms with Gasteiger partial charge in [0, 0.05) is 18.3 Å². The van der Waals surface area contributed by atoms with E-state index in [-0.39, 0.29) is 5.82 Å². The first-order valence-corrected chi connectivity index (χ1v) is 6.45. The fourth-order valence-corrected chi connectivity index (χ4v) is 2.42. The standard InChI is InChI=1S/C11H14FNOS/c12-10-3-1-2-4-11(10)15(14)8-7-13-9-5-6-9/h1-4,9,13H,5-8H2. The zero-order valence-electron chi connectivity index (χ0n) is 8.41. The molecule has 15 heavy (non-hydrogen) atoms. The maximum Gasteiger partial charge on any atom is 0.139 e. The summed E-state index contributed by atoms with van der Waals surface area (Å²) in [5.41, 5.74) is 0. The minimum atomic E-state index is -1.22. The summed E-state index contributed by atoms with van der Waals surface area (Å²) in [5.74, 6) is 0.111. The van der Waals surface area contributed by atoms with Crippen LogP contribution in [0.25, 0.3) is 0 Å². The average Bonchev–Trinajstić information content (AvgIpc) is 3.02. The highest BCUT2D eigenvalue weighted by atomic mass is 32.2. The third kappa shape index (κ3) is 3.11. The van der Waals surface area contributed by atoms with Crippen LogP contribution < -0.4 is 5.32 Å². The normalized spacial score (nSPS) is 17.7. The molecule has 4 heteroatoms. The molecule has 0 aliphatic heterocycles. The van der Waals surface area contributed by atoms with Gasteiger partial charge in [0.2, 0.25) is 0 Å². The highest BCUT2D eigenvalue weighted by molar-refractivity contribution is 7.85. The molecule has 1 aliphatic rings. The van der Waals surface area contributed by atoms with Crippen LogP contribution in [0.15, 0.2) is 29.2 Å². The van der Waals surface area contributed by atoms with Gasteiger partial charge in [-0.3, -0.25) is 4.21 Å². The fraction of sp³-hybridized carbons (Fsp3) is 0.455. The number of hydrogen-bond acceptors (Lipinski definition) is 2. The van der Waals surface area contributed by atoms with Crippen molar-refractivity contribution in [2.75, 3.05) is 12.3 Å². The number of nitrogens with one attached hydrogen (secondary N) is 1. The number of benzene rings is 1. The van der Waals surface area contributed by atoms with Gasteiger partial charge in [0.1, 0.15) is 5.82 Å². The van der Waals surface area contributed by atoms with E-state index in [0.29, 0.717) is 23.2 Å². The molecular weight excluding hydrogens is 213 g/mol. The summed E-state index contributed by atoms with van der Waals surface area (Å²) in [6, 6.07) is 6.87. The van der Waals surface area contributed by atoms with Crippen LogP contribution in [0.1, 0.15) is 12.8 Å². The Labute approximate surface area is 91.3 Å². The van der Waals surface area contributed by atoms with Gasteiger partial charge in [-0.2, -0.15) is 0 Å². The van der Waals surface area contributed by atoms with Crippen molar-refractivity contribution in [1.29, 1.82) is 0 Å². The second-order valence-electron chi connectivity index (χ2n) is 3.71. The smallest absolute Gasteiger partial charge is 0.139 e. The molecule has 1 N–H and O–H groups in total. The lowest BCUT2D eigenvalue weighted by molar-refractivity contribution is 0.594. The van der Waals surface area contributed by atoms with Crippen molar-refractivity contribution in [3.8, 4) is 0 Å². The molecular formula is C11H14FNOS. The van der Waals surface area contributed by atoms with Gasteiger partial charge in [-0.25, -0.2) is 4.39 Å². The second-order valence-corrected chi connectivity index (χ2v) is 5.25. The van der Waals surface area contributed by atoms with E-state index < -0.39 is 10.8 Å². The van der Waals surface area contributed by atoms with Gasteiger partial charge in [0.15, 0.2) is 0 Å². The van der Waals surface area contributed by atoms with E-state index in [9.17, 15) is 8.60 Å². The second kappa shape index (κ2) is 4.86. The Morgan fingerprint density at radius 1 is 1.40 bits per heavy atom. The monoisotopic (exact) mass is 227 g/mol. The first-order valence-electron chi connectivity index (χ1n) is 5.13. The predicted octanol–water partition coefficient (Wildman–Crippen LogP) is 1.69. The molecule has 1 atom stereocenters. The third-order valence-corrected chi connectivity index (χ3v) is 3.78. The molecule has 1 saturated carbocycles. The summed E-state index contributed by atoms with van der Waals surface area (Å²) in [7, 11) is -1.22. The zero-order chi connectivity index (χ0) is 10.7. The van der Waals surface area contributed by atoms with Crippen LogP contribution in [0.4, 0.5) is 4.39 Å². The van der Waals surface area contributed by atoms with Crippen molar-refractivity contribution in [1.82, 2.24) is 5.32 Å². The van der Waals surface area contributed by atoms with Crippen molar-refractivity contribution in [2.24, 2.45) is 0 Å².